The first-order chi connectivity index (χ1) is 10.9. The second kappa shape index (κ2) is 6.04. The van der Waals surface area contributed by atoms with E-state index in [9.17, 15) is 0 Å². The number of allylic oxidation sites excluding steroid dienone is 2. The van der Waals surface area contributed by atoms with Crippen LogP contribution in [-0.4, -0.2) is 7.11 Å². The van der Waals surface area contributed by atoms with Gasteiger partial charge in [-0.3, -0.25) is 0 Å². The van der Waals surface area contributed by atoms with Crippen LogP contribution in [0.3, 0.4) is 0 Å². The van der Waals surface area contributed by atoms with E-state index in [1.165, 1.54) is 22.5 Å². The zero-order valence-corrected chi connectivity index (χ0v) is 15.6. The summed E-state index contributed by atoms with van der Waals surface area (Å²) in [5.74, 6) is 0.894. The van der Waals surface area contributed by atoms with Gasteiger partial charge in [-0.25, -0.2) is 0 Å². The molecule has 23 heavy (non-hydrogen) atoms. The molecule has 0 aromatic heterocycles. The van der Waals surface area contributed by atoms with Gasteiger partial charge < -0.3 is 9.64 Å². The Morgan fingerprint density at radius 1 is 1.09 bits per heavy atom. The normalized spacial score (nSPS) is 15.9. The van der Waals surface area contributed by atoms with E-state index in [-0.39, 0.29) is 5.41 Å². The minimum atomic E-state index is 0.0413. The number of hydrogen-bond donors (Lipinski definition) is 0. The number of ether oxygens (including phenoxy) is 1. The summed E-state index contributed by atoms with van der Waals surface area (Å²) in [6, 6.07) is 14.9. The Morgan fingerprint density at radius 3 is 2.43 bits per heavy atom. The molecule has 0 fully saturated rings. The molecule has 0 amide bonds. The summed E-state index contributed by atoms with van der Waals surface area (Å²) in [6.45, 7) is 7.59. The second-order valence-electron chi connectivity index (χ2n) is 6.60. The molecule has 0 unspecified atom stereocenters. The Kier molecular flexibility index (Phi) is 4.24. The van der Waals surface area contributed by atoms with Gasteiger partial charge in [0.05, 0.1) is 7.11 Å². The Hall–Kier alpha value is -1.74. The monoisotopic (exact) mass is 371 g/mol. The molecular weight excluding hydrogens is 350 g/mol. The molecule has 0 radical (unpaired) electrons. The highest BCUT2D eigenvalue weighted by Crippen LogP contribution is 2.42. The molecule has 120 valence electrons. The lowest BCUT2D eigenvalue weighted by Gasteiger charge is -2.38. The number of hydrogen-bond acceptors (Lipinski definition) is 2. The van der Waals surface area contributed by atoms with Gasteiger partial charge >= 0.3 is 0 Å². The molecule has 2 aromatic rings. The summed E-state index contributed by atoms with van der Waals surface area (Å²) >= 11 is 3.61. The quantitative estimate of drug-likeness (QED) is 0.689. The highest BCUT2D eigenvalue weighted by atomic mass is 79.9. The maximum atomic E-state index is 5.25. The van der Waals surface area contributed by atoms with Crippen LogP contribution in [0.25, 0.3) is 0 Å². The first-order valence-corrected chi connectivity index (χ1v) is 8.60. The molecule has 2 nitrogen and oxygen atoms in total. The highest BCUT2D eigenvalue weighted by Gasteiger charge is 2.30. The van der Waals surface area contributed by atoms with Crippen molar-refractivity contribution >= 4 is 21.6 Å². The molecule has 0 atom stereocenters. The van der Waals surface area contributed by atoms with Crippen LogP contribution in [0.4, 0.5) is 5.69 Å². The molecule has 0 spiro atoms. The predicted molar refractivity (Wildman–Crippen MR) is 100 cm³/mol. The van der Waals surface area contributed by atoms with E-state index < -0.39 is 0 Å². The molecule has 0 saturated carbocycles. The minimum absolute atomic E-state index is 0.0413. The summed E-state index contributed by atoms with van der Waals surface area (Å²) in [6.07, 6.45) is 2.35. The van der Waals surface area contributed by atoms with Crippen molar-refractivity contribution in [3.05, 3.63) is 69.8 Å². The van der Waals surface area contributed by atoms with Gasteiger partial charge in [-0.05, 0) is 48.4 Å². The van der Waals surface area contributed by atoms with E-state index in [4.69, 9.17) is 4.74 Å². The first-order valence-electron chi connectivity index (χ1n) is 7.81. The lowest BCUT2D eigenvalue weighted by atomic mass is 9.80. The van der Waals surface area contributed by atoms with Crippen LogP contribution in [0.1, 0.15) is 31.9 Å². The Labute approximate surface area is 146 Å². The lowest BCUT2D eigenvalue weighted by molar-refractivity contribution is 0.414. The third kappa shape index (κ3) is 3.16. The lowest BCUT2D eigenvalue weighted by Crippen LogP contribution is -2.31. The van der Waals surface area contributed by atoms with Gasteiger partial charge in [0.25, 0.3) is 0 Å². The molecule has 3 rings (SSSR count). The molecule has 0 bridgehead atoms. The SMILES string of the molecule is COc1ccc(CN2C(C)=CC(C)(C)c3cc(Br)ccc32)cc1. The number of methoxy groups -OCH3 is 1. The fourth-order valence-electron chi connectivity index (χ4n) is 3.25. The van der Waals surface area contributed by atoms with Gasteiger partial charge in [0.15, 0.2) is 0 Å². The third-order valence-electron chi connectivity index (χ3n) is 4.44. The zero-order chi connectivity index (χ0) is 16.6. The zero-order valence-electron chi connectivity index (χ0n) is 14.1. The van der Waals surface area contributed by atoms with Gasteiger partial charge in [-0.15, -0.1) is 0 Å². The van der Waals surface area contributed by atoms with Crippen molar-refractivity contribution in [2.45, 2.75) is 32.7 Å². The van der Waals surface area contributed by atoms with E-state index >= 15 is 0 Å². The standard InChI is InChI=1S/C20H22BrNO/c1-14-12-20(2,3)18-11-16(21)7-10-19(18)22(14)13-15-5-8-17(23-4)9-6-15/h5-12H,13H2,1-4H3. The second-order valence-corrected chi connectivity index (χ2v) is 7.52. The van der Waals surface area contributed by atoms with Crippen LogP contribution in [0.15, 0.2) is 58.7 Å². The van der Waals surface area contributed by atoms with Crippen LogP contribution in [0, 0.1) is 0 Å². The maximum absolute atomic E-state index is 5.25. The van der Waals surface area contributed by atoms with Crippen LogP contribution in [0.5, 0.6) is 5.75 Å². The molecule has 1 heterocycles. The summed E-state index contributed by atoms with van der Waals surface area (Å²) in [5.41, 5.74) is 5.24. The van der Waals surface area contributed by atoms with Crippen LogP contribution in [0.2, 0.25) is 0 Å². The predicted octanol–water partition coefficient (Wildman–Crippen LogP) is 5.66. The van der Waals surface area contributed by atoms with Crippen molar-refractivity contribution in [3.8, 4) is 5.75 Å². The molecule has 3 heteroatoms. The van der Waals surface area contributed by atoms with E-state index in [1.54, 1.807) is 7.11 Å². The van der Waals surface area contributed by atoms with E-state index in [0.29, 0.717) is 0 Å². The Balaban J connectivity index is 1.98. The molecule has 0 aliphatic carbocycles. The summed E-state index contributed by atoms with van der Waals surface area (Å²) < 4.78 is 6.37. The van der Waals surface area contributed by atoms with Gasteiger partial charge in [0.1, 0.15) is 5.75 Å². The van der Waals surface area contributed by atoms with Crippen LogP contribution in [-0.2, 0) is 12.0 Å². The number of anilines is 1. The maximum Gasteiger partial charge on any atom is 0.118 e. The fraction of sp³-hybridized carbons (Fsp3) is 0.300. The van der Waals surface area contributed by atoms with E-state index in [1.807, 2.05) is 12.1 Å². The number of benzene rings is 2. The highest BCUT2D eigenvalue weighted by molar-refractivity contribution is 9.10. The average molecular weight is 372 g/mol. The van der Waals surface area contributed by atoms with Gasteiger partial charge in [-0.1, -0.05) is 48.0 Å². The summed E-state index contributed by atoms with van der Waals surface area (Å²) in [4.78, 5) is 2.38. The minimum Gasteiger partial charge on any atom is -0.497 e. The van der Waals surface area contributed by atoms with Crippen molar-refractivity contribution in [1.82, 2.24) is 0 Å². The molecule has 2 aromatic carbocycles. The molecule has 1 aliphatic rings. The number of fused-ring (bicyclic) bond motifs is 1. The molecule has 1 aliphatic heterocycles. The van der Waals surface area contributed by atoms with Crippen molar-refractivity contribution in [3.63, 3.8) is 0 Å². The molecular formula is C20H22BrNO. The van der Waals surface area contributed by atoms with Gasteiger partial charge in [0.2, 0.25) is 0 Å². The number of halogens is 1. The van der Waals surface area contributed by atoms with Crippen molar-refractivity contribution in [1.29, 1.82) is 0 Å². The van der Waals surface area contributed by atoms with Crippen molar-refractivity contribution < 1.29 is 4.74 Å². The smallest absolute Gasteiger partial charge is 0.118 e. The number of nitrogens with zero attached hydrogens (tertiary/aromatic N) is 1. The van der Waals surface area contributed by atoms with E-state index in [0.717, 1.165) is 16.8 Å². The van der Waals surface area contributed by atoms with Crippen LogP contribution < -0.4 is 9.64 Å². The summed E-state index contributed by atoms with van der Waals surface area (Å²) in [5, 5.41) is 0. The van der Waals surface area contributed by atoms with E-state index in [2.05, 4.69) is 78.0 Å². The van der Waals surface area contributed by atoms with Gasteiger partial charge in [-0.2, -0.15) is 0 Å². The largest absolute Gasteiger partial charge is 0.497 e. The topological polar surface area (TPSA) is 12.5 Å². The fourth-order valence-corrected chi connectivity index (χ4v) is 3.61. The molecule has 0 N–H and O–H groups in total. The first kappa shape index (κ1) is 16.1. The number of rotatable bonds is 3. The third-order valence-corrected chi connectivity index (χ3v) is 4.93. The average Bonchev–Trinajstić information content (AvgIpc) is 2.52. The van der Waals surface area contributed by atoms with Crippen molar-refractivity contribution in [2.75, 3.05) is 12.0 Å². The van der Waals surface area contributed by atoms with Gasteiger partial charge in [0, 0.05) is 27.8 Å². The van der Waals surface area contributed by atoms with Crippen LogP contribution >= 0.6 is 15.9 Å². The molecule has 0 saturated heterocycles. The Bertz CT molecular complexity index is 747. The van der Waals surface area contributed by atoms with Crippen molar-refractivity contribution in [2.24, 2.45) is 0 Å². The summed E-state index contributed by atoms with van der Waals surface area (Å²) in [7, 11) is 1.70. The Morgan fingerprint density at radius 2 is 1.78 bits per heavy atom.